The number of primary amides is 1. The van der Waals surface area contributed by atoms with Gasteiger partial charge in [-0.1, -0.05) is 17.8 Å². The van der Waals surface area contributed by atoms with Crippen molar-refractivity contribution in [3.63, 3.8) is 0 Å². The molecule has 1 fully saturated rings. The van der Waals surface area contributed by atoms with Crippen molar-refractivity contribution in [2.24, 2.45) is 5.73 Å². The highest BCUT2D eigenvalue weighted by Gasteiger charge is 2.40. The van der Waals surface area contributed by atoms with E-state index in [-0.39, 0.29) is 33.8 Å². The number of nitrogens with one attached hydrogen (secondary N) is 1. The van der Waals surface area contributed by atoms with E-state index in [0.717, 1.165) is 11.9 Å². The molecule has 0 saturated carbocycles. The third-order valence-electron chi connectivity index (χ3n) is 6.55. The molecule has 0 bridgehead atoms. The molecular formula is C27H31F3N8O3S. The maximum absolute atomic E-state index is 13.5. The van der Waals surface area contributed by atoms with Crippen LogP contribution in [-0.4, -0.2) is 57.2 Å². The second-order valence-corrected chi connectivity index (χ2v) is 11.8. The summed E-state index contributed by atoms with van der Waals surface area (Å²) in [6, 6.07) is 8.13. The summed E-state index contributed by atoms with van der Waals surface area (Å²) < 4.78 is 45.8. The van der Waals surface area contributed by atoms with E-state index < -0.39 is 34.9 Å². The van der Waals surface area contributed by atoms with Crippen LogP contribution in [0.3, 0.4) is 0 Å². The molecule has 0 radical (unpaired) electrons. The van der Waals surface area contributed by atoms with E-state index in [1.54, 1.807) is 37.9 Å². The predicted molar refractivity (Wildman–Crippen MR) is 150 cm³/mol. The summed E-state index contributed by atoms with van der Waals surface area (Å²) in [5.74, 6) is -0.943. The van der Waals surface area contributed by atoms with E-state index >= 15 is 0 Å². The Balaban J connectivity index is 1.59. The number of hydrogen-bond donors (Lipinski definition) is 3. The average molecular weight is 605 g/mol. The first-order chi connectivity index (χ1) is 19.7. The van der Waals surface area contributed by atoms with Crippen molar-refractivity contribution in [3.8, 4) is 0 Å². The van der Waals surface area contributed by atoms with Crippen LogP contribution in [0.2, 0.25) is 0 Å². The minimum absolute atomic E-state index is 0.104. The number of amides is 2. The first-order valence-corrected chi connectivity index (χ1v) is 13.8. The van der Waals surface area contributed by atoms with Gasteiger partial charge in [-0.25, -0.2) is 14.8 Å². The van der Waals surface area contributed by atoms with Gasteiger partial charge in [0.25, 0.3) is 5.91 Å². The van der Waals surface area contributed by atoms with E-state index in [1.165, 1.54) is 12.1 Å². The van der Waals surface area contributed by atoms with E-state index in [1.807, 2.05) is 12.1 Å². The van der Waals surface area contributed by atoms with Gasteiger partial charge in [0, 0.05) is 48.0 Å². The first-order valence-electron chi connectivity index (χ1n) is 13.0. The second-order valence-electron chi connectivity index (χ2n) is 10.7. The number of nitrogens with zero attached hydrogens (tertiary/aromatic N) is 5. The third-order valence-corrected chi connectivity index (χ3v) is 7.59. The summed E-state index contributed by atoms with van der Waals surface area (Å²) in [5.41, 5.74) is 10.0. The van der Waals surface area contributed by atoms with Crippen molar-refractivity contribution in [3.05, 3.63) is 59.8 Å². The van der Waals surface area contributed by atoms with E-state index in [0.29, 0.717) is 37.7 Å². The molecule has 4 rings (SSSR count). The Bertz CT molecular complexity index is 1440. The number of halogens is 3. The van der Waals surface area contributed by atoms with Crippen LogP contribution in [0.15, 0.2) is 52.6 Å². The Morgan fingerprint density at radius 3 is 2.36 bits per heavy atom. The van der Waals surface area contributed by atoms with E-state index in [9.17, 15) is 22.8 Å². The smallest absolute Gasteiger partial charge is 0.434 e. The molecule has 4 heterocycles. The molecule has 0 atom stereocenters. The molecule has 2 amide bonds. The molecule has 42 heavy (non-hydrogen) atoms. The van der Waals surface area contributed by atoms with Crippen LogP contribution in [0, 0.1) is 0 Å². The summed E-state index contributed by atoms with van der Waals surface area (Å²) in [4.78, 5) is 43.0. The summed E-state index contributed by atoms with van der Waals surface area (Å²) in [5, 5.41) is 2.75. The van der Waals surface area contributed by atoms with Gasteiger partial charge in [0.15, 0.2) is 23.0 Å². The number of piperidine rings is 1. The maximum atomic E-state index is 13.5. The van der Waals surface area contributed by atoms with Gasteiger partial charge in [-0.15, -0.1) is 0 Å². The van der Waals surface area contributed by atoms with Gasteiger partial charge in [0.1, 0.15) is 10.6 Å². The highest BCUT2D eigenvalue weighted by molar-refractivity contribution is 7.99. The zero-order valence-electron chi connectivity index (χ0n) is 23.2. The first kappa shape index (κ1) is 30.8. The summed E-state index contributed by atoms with van der Waals surface area (Å²) in [6.07, 6.45) is -1.54. The van der Waals surface area contributed by atoms with E-state index in [2.05, 4.69) is 25.3 Å². The number of hydrogen-bond acceptors (Lipinski definition) is 10. The lowest BCUT2D eigenvalue weighted by Crippen LogP contribution is -2.50. The fourth-order valence-electron chi connectivity index (χ4n) is 4.58. The van der Waals surface area contributed by atoms with Gasteiger partial charge in [0.2, 0.25) is 0 Å². The molecule has 1 aliphatic rings. The standard InChI is InChI=1S/C27H31F3N8O3S/c1-25(2,3)41-24(40)35-15-26(17-8-4-5-11-33-17)9-13-38(14-10-26)22-18(21(32)39)36-23(20(31)37-22)42-16-7-6-12-34-19(16)27(28,29)30/h4-8,11-12H,9-10,13-15H2,1-3H3,(H2,31,37)(H2,32,39)(H,35,40). The van der Waals surface area contributed by atoms with Crippen LogP contribution in [0.4, 0.5) is 29.6 Å². The number of ether oxygens (including phenoxy) is 1. The normalized spacial score (nSPS) is 15.2. The van der Waals surface area contributed by atoms with Crippen molar-refractivity contribution < 1.29 is 27.5 Å². The predicted octanol–water partition coefficient (Wildman–Crippen LogP) is 4.18. The summed E-state index contributed by atoms with van der Waals surface area (Å²) >= 11 is 0.597. The molecule has 1 saturated heterocycles. The van der Waals surface area contributed by atoms with Crippen molar-refractivity contribution in [2.45, 2.75) is 60.7 Å². The number of aromatic nitrogens is 4. The van der Waals surface area contributed by atoms with Crippen molar-refractivity contribution in [1.82, 2.24) is 25.3 Å². The number of pyridine rings is 2. The van der Waals surface area contributed by atoms with Crippen molar-refractivity contribution in [2.75, 3.05) is 30.3 Å². The van der Waals surface area contributed by atoms with Gasteiger partial charge in [-0.05, 0) is 57.9 Å². The second kappa shape index (κ2) is 12.0. The molecule has 0 aromatic carbocycles. The lowest BCUT2D eigenvalue weighted by Gasteiger charge is -2.42. The van der Waals surface area contributed by atoms with Gasteiger partial charge < -0.3 is 26.4 Å². The van der Waals surface area contributed by atoms with Crippen LogP contribution in [0.5, 0.6) is 0 Å². The van der Waals surface area contributed by atoms with Crippen LogP contribution in [0.1, 0.15) is 55.5 Å². The average Bonchev–Trinajstić information content (AvgIpc) is 2.92. The van der Waals surface area contributed by atoms with Crippen LogP contribution >= 0.6 is 11.8 Å². The lowest BCUT2D eigenvalue weighted by atomic mass is 9.75. The van der Waals surface area contributed by atoms with Crippen molar-refractivity contribution >= 4 is 35.4 Å². The molecule has 0 spiro atoms. The summed E-state index contributed by atoms with van der Waals surface area (Å²) in [7, 11) is 0. The highest BCUT2D eigenvalue weighted by atomic mass is 32.2. The number of alkyl halides is 3. The molecule has 15 heteroatoms. The molecule has 3 aromatic rings. The molecular weight excluding hydrogens is 573 g/mol. The number of nitrogens with two attached hydrogens (primary N) is 2. The minimum Gasteiger partial charge on any atom is -0.444 e. The Morgan fingerprint density at radius 1 is 1.07 bits per heavy atom. The number of alkyl carbamates (subject to hydrolysis) is 1. The number of nitrogen functional groups attached to an aromatic ring is 1. The quantitative estimate of drug-likeness (QED) is 0.357. The van der Waals surface area contributed by atoms with Gasteiger partial charge in [0.05, 0.1) is 0 Å². The monoisotopic (exact) mass is 604 g/mol. The molecule has 3 aromatic heterocycles. The van der Waals surface area contributed by atoms with Crippen LogP contribution < -0.4 is 21.7 Å². The third kappa shape index (κ3) is 7.19. The van der Waals surface area contributed by atoms with Crippen LogP contribution in [0.25, 0.3) is 0 Å². The van der Waals surface area contributed by atoms with E-state index in [4.69, 9.17) is 16.2 Å². The number of rotatable bonds is 7. The largest absolute Gasteiger partial charge is 0.444 e. The highest BCUT2D eigenvalue weighted by Crippen LogP contribution is 2.40. The van der Waals surface area contributed by atoms with Gasteiger partial charge in [-0.3, -0.25) is 14.8 Å². The fraction of sp³-hybridized carbons (Fsp3) is 0.407. The molecule has 224 valence electrons. The van der Waals surface area contributed by atoms with Gasteiger partial charge >= 0.3 is 12.3 Å². The number of carbonyl (C=O) groups is 2. The Kier molecular flexibility index (Phi) is 8.80. The topological polar surface area (TPSA) is 162 Å². The molecule has 0 unspecified atom stereocenters. The Morgan fingerprint density at radius 2 is 1.76 bits per heavy atom. The molecule has 0 aliphatic carbocycles. The number of carbonyl (C=O) groups excluding carboxylic acids is 2. The fourth-order valence-corrected chi connectivity index (χ4v) is 5.48. The molecule has 1 aliphatic heterocycles. The van der Waals surface area contributed by atoms with Crippen LogP contribution in [-0.2, 0) is 16.3 Å². The minimum atomic E-state index is -4.70. The number of anilines is 2. The Hall–Kier alpha value is -4.14. The SMILES string of the molecule is CC(C)(C)OC(=O)NCC1(c2ccccn2)CCN(c2nc(N)c(Sc3cccnc3C(F)(F)F)nc2C(N)=O)CC1. The zero-order valence-corrected chi connectivity index (χ0v) is 24.1. The summed E-state index contributed by atoms with van der Waals surface area (Å²) in [6.45, 7) is 6.32. The zero-order chi connectivity index (χ0) is 30.7. The Labute approximate surface area is 244 Å². The molecule has 11 nitrogen and oxygen atoms in total. The maximum Gasteiger partial charge on any atom is 0.434 e. The van der Waals surface area contributed by atoms with Gasteiger partial charge in [-0.2, -0.15) is 13.2 Å². The lowest BCUT2D eigenvalue weighted by molar-refractivity contribution is -0.143. The molecule has 5 N–H and O–H groups in total. The van der Waals surface area contributed by atoms with Crippen molar-refractivity contribution in [1.29, 1.82) is 0 Å².